The van der Waals surface area contributed by atoms with Gasteiger partial charge in [0, 0.05) is 13.1 Å². The van der Waals surface area contributed by atoms with Crippen LogP contribution < -0.4 is 5.32 Å². The van der Waals surface area contributed by atoms with Gasteiger partial charge < -0.3 is 24.9 Å². The molecule has 4 heterocycles. The number of hydrogen-bond acceptors (Lipinski definition) is 6. The van der Waals surface area contributed by atoms with Crippen molar-refractivity contribution in [3.63, 3.8) is 0 Å². The quantitative estimate of drug-likeness (QED) is 0.110. The number of hydrogen-bond donors (Lipinski definition) is 4. The number of nitrogens with zero attached hydrogens (tertiary/aromatic N) is 5. The topological polar surface area (TPSA) is 151 Å². The lowest BCUT2D eigenvalue weighted by Gasteiger charge is -2.31. The molecule has 0 spiro atoms. The van der Waals surface area contributed by atoms with E-state index in [1.807, 2.05) is 60.4 Å². The molecule has 12 heteroatoms. The fourth-order valence-electron chi connectivity index (χ4n) is 8.10. The number of aromatic nitrogens is 4. The predicted octanol–water partition coefficient (Wildman–Crippen LogP) is 8.17. The zero-order chi connectivity index (χ0) is 38.8. The molecule has 284 valence electrons. The number of amides is 3. The van der Waals surface area contributed by atoms with Crippen molar-refractivity contribution in [2.24, 2.45) is 0 Å². The molecule has 2 aliphatic heterocycles. The normalized spacial score (nSPS) is 17.3. The largest absolute Gasteiger partial charge is 0.465 e. The molecular formula is C44H44N8O4. The molecule has 0 aliphatic carbocycles. The van der Waals surface area contributed by atoms with Crippen LogP contribution in [0.1, 0.15) is 71.4 Å². The highest BCUT2D eigenvalue weighted by molar-refractivity contribution is 6.02. The highest BCUT2D eigenvalue weighted by Gasteiger charge is 2.37. The standard InChI is InChI=1S/C44H44N8O4/c1-50(2)39(32-10-4-3-5-11-32)43(54)52-25-9-15-38(52)41-46-27-36(48-41)31-22-18-29(19-23-31)28-16-20-30(21-17-28)35-26-45-40(47-35)37-14-8-24-51(37)42(53)33-12-6-7-13-34(33)49-44(55)56/h3-7,10-13,16-23,26-27,37-39,49H,8-9,14-15,24-25H2,1-2H3,(H,45,47)(H,46,48)(H,55,56)/t37-,38-,39+/m0/s1. The highest BCUT2D eigenvalue weighted by atomic mass is 16.4. The van der Waals surface area contributed by atoms with Crippen LogP contribution in [-0.2, 0) is 4.79 Å². The van der Waals surface area contributed by atoms with Crippen molar-refractivity contribution in [3.05, 3.63) is 138 Å². The van der Waals surface area contributed by atoms with Gasteiger partial charge in [-0.3, -0.25) is 19.8 Å². The Labute approximate surface area is 325 Å². The summed E-state index contributed by atoms with van der Waals surface area (Å²) in [5.41, 5.74) is 7.45. The molecule has 3 atom stereocenters. The summed E-state index contributed by atoms with van der Waals surface area (Å²) in [5.74, 6) is 1.37. The Balaban J connectivity index is 0.931. The zero-order valence-corrected chi connectivity index (χ0v) is 31.4. The van der Waals surface area contributed by atoms with E-state index >= 15 is 0 Å². The molecule has 0 radical (unpaired) electrons. The Bertz CT molecular complexity index is 2330. The van der Waals surface area contributed by atoms with Crippen LogP contribution in [0.3, 0.4) is 0 Å². The van der Waals surface area contributed by atoms with E-state index in [1.54, 1.807) is 35.4 Å². The molecule has 2 fully saturated rings. The Morgan fingerprint density at radius 1 is 0.696 bits per heavy atom. The van der Waals surface area contributed by atoms with Crippen molar-refractivity contribution in [1.82, 2.24) is 34.6 Å². The number of benzene rings is 4. The fourth-order valence-corrected chi connectivity index (χ4v) is 8.10. The summed E-state index contributed by atoms with van der Waals surface area (Å²) in [6.45, 7) is 1.26. The van der Waals surface area contributed by atoms with E-state index < -0.39 is 6.09 Å². The summed E-state index contributed by atoms with van der Waals surface area (Å²) >= 11 is 0. The van der Waals surface area contributed by atoms with E-state index in [-0.39, 0.29) is 35.6 Å². The maximum atomic E-state index is 13.9. The molecule has 0 unspecified atom stereocenters. The molecule has 4 aromatic carbocycles. The van der Waals surface area contributed by atoms with Crippen molar-refractivity contribution in [2.75, 3.05) is 32.5 Å². The van der Waals surface area contributed by atoms with Crippen molar-refractivity contribution in [3.8, 4) is 33.6 Å². The predicted molar refractivity (Wildman–Crippen MR) is 215 cm³/mol. The van der Waals surface area contributed by atoms with E-state index in [0.717, 1.165) is 70.7 Å². The van der Waals surface area contributed by atoms with Crippen LogP contribution in [0.25, 0.3) is 33.6 Å². The zero-order valence-electron chi connectivity index (χ0n) is 31.4. The van der Waals surface area contributed by atoms with Crippen molar-refractivity contribution in [1.29, 1.82) is 0 Å². The third kappa shape index (κ3) is 7.30. The molecule has 6 aromatic rings. The second kappa shape index (κ2) is 15.7. The van der Waals surface area contributed by atoms with Crippen LogP contribution in [0.5, 0.6) is 0 Å². The van der Waals surface area contributed by atoms with Gasteiger partial charge in [0.25, 0.3) is 5.91 Å². The summed E-state index contributed by atoms with van der Waals surface area (Å²) in [6, 6.07) is 32.5. The van der Waals surface area contributed by atoms with Gasteiger partial charge in [0.05, 0.1) is 47.1 Å². The fraction of sp³-hybridized carbons (Fsp3) is 0.250. The molecular weight excluding hydrogens is 705 g/mol. The van der Waals surface area contributed by atoms with Gasteiger partial charge in [0.2, 0.25) is 5.91 Å². The number of anilines is 1. The monoisotopic (exact) mass is 748 g/mol. The highest BCUT2D eigenvalue weighted by Crippen LogP contribution is 2.37. The van der Waals surface area contributed by atoms with E-state index in [1.165, 1.54) is 0 Å². The molecule has 2 aliphatic rings. The minimum atomic E-state index is -1.22. The molecule has 3 amide bonds. The first-order valence-electron chi connectivity index (χ1n) is 19.0. The number of aromatic amines is 2. The Morgan fingerprint density at radius 3 is 1.75 bits per heavy atom. The van der Waals surface area contributed by atoms with Crippen LogP contribution in [0.2, 0.25) is 0 Å². The number of nitrogens with one attached hydrogen (secondary N) is 3. The number of carboxylic acid groups (broad SMARTS) is 1. The number of likely N-dealkylation sites (tertiary alicyclic amines) is 2. The SMILES string of the molecule is CN(C)[C@@H](C(=O)N1CCC[C@H]1c1ncc(-c2ccc(-c3ccc(-c4cnc([C@@H]5CCCN5C(=O)c5ccccc5NC(=O)O)[nH]4)cc3)cc2)[nH]1)c1ccccc1. The van der Waals surface area contributed by atoms with Crippen molar-refractivity contribution >= 4 is 23.6 Å². The second-order valence-electron chi connectivity index (χ2n) is 14.6. The lowest BCUT2D eigenvalue weighted by Crippen LogP contribution is -2.40. The number of imidazole rings is 2. The Kier molecular flexibility index (Phi) is 10.2. The van der Waals surface area contributed by atoms with Crippen LogP contribution in [0.15, 0.2) is 116 Å². The molecule has 56 heavy (non-hydrogen) atoms. The smallest absolute Gasteiger partial charge is 0.409 e. The molecule has 8 rings (SSSR count). The van der Waals surface area contributed by atoms with Gasteiger partial charge in [-0.05, 0) is 79.7 Å². The Morgan fingerprint density at radius 2 is 1.20 bits per heavy atom. The van der Waals surface area contributed by atoms with Crippen molar-refractivity contribution < 1.29 is 19.5 Å². The number of rotatable bonds is 10. The average Bonchev–Trinajstić information content (AvgIpc) is 4.05. The van der Waals surface area contributed by atoms with Gasteiger partial charge >= 0.3 is 6.09 Å². The van der Waals surface area contributed by atoms with Crippen LogP contribution in [-0.4, -0.2) is 84.8 Å². The number of H-pyrrole nitrogens is 2. The lowest BCUT2D eigenvalue weighted by atomic mass is 10.0. The van der Waals surface area contributed by atoms with Gasteiger partial charge in [-0.2, -0.15) is 0 Å². The van der Waals surface area contributed by atoms with Gasteiger partial charge in [0.15, 0.2) is 0 Å². The third-order valence-electron chi connectivity index (χ3n) is 10.9. The van der Waals surface area contributed by atoms with Crippen LogP contribution in [0.4, 0.5) is 10.5 Å². The van der Waals surface area contributed by atoms with E-state index in [4.69, 9.17) is 4.98 Å². The van der Waals surface area contributed by atoms with Gasteiger partial charge in [-0.25, -0.2) is 14.8 Å². The van der Waals surface area contributed by atoms with Gasteiger partial charge in [-0.15, -0.1) is 0 Å². The van der Waals surface area contributed by atoms with Gasteiger partial charge in [0.1, 0.15) is 17.7 Å². The third-order valence-corrected chi connectivity index (χ3v) is 10.9. The summed E-state index contributed by atoms with van der Waals surface area (Å²) in [7, 11) is 3.90. The molecule has 4 N–H and O–H groups in total. The van der Waals surface area contributed by atoms with E-state index in [0.29, 0.717) is 24.5 Å². The average molecular weight is 749 g/mol. The number of carbonyl (C=O) groups excluding carboxylic acids is 2. The molecule has 2 aromatic heterocycles. The first-order chi connectivity index (χ1) is 27.2. The Hall–Kier alpha value is -6.53. The van der Waals surface area contributed by atoms with Crippen LogP contribution in [0, 0.1) is 0 Å². The van der Waals surface area contributed by atoms with E-state index in [2.05, 4.69) is 68.8 Å². The first kappa shape index (κ1) is 36.4. The van der Waals surface area contributed by atoms with Crippen LogP contribution >= 0.6 is 0 Å². The summed E-state index contributed by atoms with van der Waals surface area (Å²) < 4.78 is 0. The van der Waals surface area contributed by atoms with E-state index in [9.17, 15) is 19.5 Å². The number of likely N-dealkylation sites (N-methyl/N-ethyl adjacent to an activating group) is 1. The second-order valence-corrected chi connectivity index (χ2v) is 14.6. The maximum absolute atomic E-state index is 13.9. The minimum Gasteiger partial charge on any atom is -0.465 e. The van der Waals surface area contributed by atoms with Gasteiger partial charge in [-0.1, -0.05) is 91.0 Å². The molecule has 0 saturated carbocycles. The minimum absolute atomic E-state index is 0.0908. The summed E-state index contributed by atoms with van der Waals surface area (Å²) in [6.07, 6.45) is 5.81. The molecule has 12 nitrogen and oxygen atoms in total. The summed E-state index contributed by atoms with van der Waals surface area (Å²) in [5, 5.41) is 11.6. The number of carbonyl (C=O) groups is 3. The molecule has 0 bridgehead atoms. The van der Waals surface area contributed by atoms with Crippen molar-refractivity contribution in [2.45, 2.75) is 43.8 Å². The first-order valence-corrected chi connectivity index (χ1v) is 19.0. The lowest BCUT2D eigenvalue weighted by molar-refractivity contribution is -0.137. The maximum Gasteiger partial charge on any atom is 0.409 e. The summed E-state index contributed by atoms with van der Waals surface area (Å²) in [4.78, 5) is 60.9. The number of para-hydroxylation sites is 1. The molecule has 2 saturated heterocycles.